The van der Waals surface area contributed by atoms with E-state index in [-0.39, 0.29) is 5.56 Å². The summed E-state index contributed by atoms with van der Waals surface area (Å²) in [5.41, 5.74) is 5.64. The number of fused-ring (bicyclic) bond motifs is 4. The van der Waals surface area contributed by atoms with Crippen molar-refractivity contribution in [3.8, 4) is 5.69 Å². The highest BCUT2D eigenvalue weighted by molar-refractivity contribution is 6.05. The summed E-state index contributed by atoms with van der Waals surface area (Å²) in [7, 11) is 0. The highest BCUT2D eigenvalue weighted by Crippen LogP contribution is 2.29. The van der Waals surface area contributed by atoms with Gasteiger partial charge >= 0.3 is 0 Å². The van der Waals surface area contributed by atoms with E-state index in [1.807, 2.05) is 35.8 Å². The van der Waals surface area contributed by atoms with E-state index >= 15 is 0 Å². The lowest BCUT2D eigenvalue weighted by Crippen LogP contribution is -2.26. The Morgan fingerprint density at radius 1 is 0.909 bits per heavy atom. The maximum absolute atomic E-state index is 13.7. The van der Waals surface area contributed by atoms with Gasteiger partial charge < -0.3 is 0 Å². The van der Waals surface area contributed by atoms with E-state index in [9.17, 15) is 4.79 Å². The van der Waals surface area contributed by atoms with Crippen LogP contribution in [0, 0.1) is 12.8 Å². The van der Waals surface area contributed by atoms with Crippen LogP contribution in [0.4, 0.5) is 0 Å². The Bertz CT molecular complexity index is 1530. The maximum atomic E-state index is 13.7. The first-order valence-electron chi connectivity index (χ1n) is 11.8. The number of para-hydroxylation sites is 2. The van der Waals surface area contributed by atoms with Gasteiger partial charge in [0.1, 0.15) is 16.7 Å². The van der Waals surface area contributed by atoms with Gasteiger partial charge in [-0.1, -0.05) is 51.5 Å². The molecule has 0 aliphatic carbocycles. The summed E-state index contributed by atoms with van der Waals surface area (Å²) in [6.45, 7) is 8.93. The zero-order chi connectivity index (χ0) is 23.1. The normalized spacial score (nSPS) is 11.9. The molecule has 6 nitrogen and oxygen atoms in total. The van der Waals surface area contributed by atoms with Gasteiger partial charge in [-0.05, 0) is 55.5 Å². The third-order valence-electron chi connectivity index (χ3n) is 6.11. The number of nitrogens with zero attached hydrogens (tertiary/aromatic N) is 5. The lowest BCUT2D eigenvalue weighted by molar-refractivity contribution is 0.498. The number of unbranched alkanes of at least 4 members (excludes halogenated alkanes) is 1. The molecule has 0 aliphatic heterocycles. The molecule has 0 unspecified atom stereocenters. The van der Waals surface area contributed by atoms with Crippen LogP contribution in [0.3, 0.4) is 0 Å². The van der Waals surface area contributed by atoms with Gasteiger partial charge in [0, 0.05) is 12.2 Å². The zero-order valence-corrected chi connectivity index (χ0v) is 19.7. The third-order valence-corrected chi connectivity index (χ3v) is 6.11. The van der Waals surface area contributed by atoms with E-state index < -0.39 is 0 Å². The smallest absolute Gasteiger partial charge is 0.265 e. The molecular weight excluding hydrogens is 410 g/mol. The van der Waals surface area contributed by atoms with E-state index in [0.717, 1.165) is 23.1 Å². The molecule has 0 atom stereocenters. The Morgan fingerprint density at radius 2 is 1.61 bits per heavy atom. The summed E-state index contributed by atoms with van der Waals surface area (Å²) in [6.07, 6.45) is 3.40. The van der Waals surface area contributed by atoms with Crippen LogP contribution >= 0.6 is 0 Å². The van der Waals surface area contributed by atoms with Crippen molar-refractivity contribution in [1.29, 1.82) is 0 Å². The van der Waals surface area contributed by atoms with Gasteiger partial charge in [-0.2, -0.15) is 0 Å². The summed E-state index contributed by atoms with van der Waals surface area (Å²) >= 11 is 0. The van der Waals surface area contributed by atoms with Crippen LogP contribution in [-0.2, 0) is 13.0 Å². The molecule has 0 N–H and O–H groups in total. The Hall–Kier alpha value is -3.54. The summed E-state index contributed by atoms with van der Waals surface area (Å²) in [5.74, 6) is 1.03. The standard InChI is InChI=1S/C27H29N5O/c1-5-6-9-19-12-14-20(15-13-19)32-25-23(27(33)31(16-17(2)3)18(4)28-25)24-26(32)30-22-11-8-7-10-21(22)29-24/h7-8,10-15,17H,5-6,9,16H2,1-4H3. The topological polar surface area (TPSA) is 65.6 Å². The summed E-state index contributed by atoms with van der Waals surface area (Å²) in [5, 5.41) is 0.532. The quantitative estimate of drug-likeness (QED) is 0.346. The second-order valence-corrected chi connectivity index (χ2v) is 9.16. The van der Waals surface area contributed by atoms with Crippen molar-refractivity contribution in [2.45, 2.75) is 53.5 Å². The van der Waals surface area contributed by atoms with Crippen molar-refractivity contribution in [1.82, 2.24) is 24.1 Å². The van der Waals surface area contributed by atoms with Crippen molar-refractivity contribution in [3.05, 3.63) is 70.3 Å². The minimum absolute atomic E-state index is 0.0564. The second kappa shape index (κ2) is 8.43. The van der Waals surface area contributed by atoms with Crippen molar-refractivity contribution in [2.75, 3.05) is 0 Å². The number of hydrogen-bond acceptors (Lipinski definition) is 4. The molecule has 0 fully saturated rings. The van der Waals surface area contributed by atoms with Crippen LogP contribution in [-0.4, -0.2) is 24.1 Å². The number of hydrogen-bond donors (Lipinski definition) is 0. The van der Waals surface area contributed by atoms with Gasteiger partial charge in [-0.25, -0.2) is 15.0 Å². The van der Waals surface area contributed by atoms with E-state index in [1.165, 1.54) is 18.4 Å². The predicted octanol–water partition coefficient (Wildman–Crippen LogP) is 5.59. The van der Waals surface area contributed by atoms with E-state index in [2.05, 4.69) is 45.0 Å². The van der Waals surface area contributed by atoms with Crippen molar-refractivity contribution in [3.63, 3.8) is 0 Å². The van der Waals surface area contributed by atoms with Gasteiger partial charge in [0.25, 0.3) is 5.56 Å². The van der Waals surface area contributed by atoms with Gasteiger partial charge in [0.2, 0.25) is 0 Å². The molecule has 3 aromatic heterocycles. The zero-order valence-electron chi connectivity index (χ0n) is 19.7. The number of aromatic nitrogens is 5. The minimum atomic E-state index is -0.0564. The monoisotopic (exact) mass is 439 g/mol. The van der Waals surface area contributed by atoms with Crippen LogP contribution in [0.1, 0.15) is 45.0 Å². The SMILES string of the molecule is CCCCc1ccc(-n2c3nc4ccccc4nc3c3c(=O)n(CC(C)C)c(C)nc32)cc1. The molecule has 0 aliphatic rings. The predicted molar refractivity (Wildman–Crippen MR) is 134 cm³/mol. The largest absolute Gasteiger partial charge is 0.296 e. The first-order valence-corrected chi connectivity index (χ1v) is 11.8. The lowest BCUT2D eigenvalue weighted by Gasteiger charge is -2.13. The molecule has 0 bridgehead atoms. The average Bonchev–Trinajstić information content (AvgIpc) is 3.11. The molecule has 5 aromatic rings. The fourth-order valence-electron chi connectivity index (χ4n) is 4.45. The van der Waals surface area contributed by atoms with Crippen LogP contribution in [0.5, 0.6) is 0 Å². The van der Waals surface area contributed by atoms with Gasteiger partial charge in [-0.15, -0.1) is 0 Å². The van der Waals surface area contributed by atoms with E-state index in [1.54, 1.807) is 4.57 Å². The van der Waals surface area contributed by atoms with Crippen LogP contribution in [0.15, 0.2) is 53.3 Å². The molecule has 0 saturated heterocycles. The van der Waals surface area contributed by atoms with E-state index in [4.69, 9.17) is 15.0 Å². The molecule has 0 radical (unpaired) electrons. The molecule has 5 rings (SSSR count). The van der Waals surface area contributed by atoms with Crippen molar-refractivity contribution < 1.29 is 0 Å². The summed E-state index contributed by atoms with van der Waals surface area (Å²) in [6, 6.07) is 16.3. The number of rotatable bonds is 6. The highest BCUT2D eigenvalue weighted by Gasteiger charge is 2.22. The average molecular weight is 440 g/mol. The Labute approximate surface area is 192 Å². The first kappa shape index (κ1) is 21.3. The van der Waals surface area contributed by atoms with Gasteiger partial charge in [-0.3, -0.25) is 13.9 Å². The van der Waals surface area contributed by atoms with Gasteiger partial charge in [0.15, 0.2) is 11.3 Å². The molecular formula is C27H29N5O. The Balaban J connectivity index is 1.85. The molecule has 0 saturated carbocycles. The number of benzene rings is 2. The van der Waals surface area contributed by atoms with E-state index in [0.29, 0.717) is 40.5 Å². The molecule has 0 amide bonds. The maximum Gasteiger partial charge on any atom is 0.265 e. The Morgan fingerprint density at radius 3 is 2.27 bits per heavy atom. The van der Waals surface area contributed by atoms with Crippen LogP contribution < -0.4 is 5.56 Å². The molecule has 33 heavy (non-hydrogen) atoms. The molecule has 0 spiro atoms. The number of aryl methyl sites for hydroxylation is 2. The summed E-state index contributed by atoms with van der Waals surface area (Å²) in [4.78, 5) is 28.4. The Kier molecular flexibility index (Phi) is 5.44. The minimum Gasteiger partial charge on any atom is -0.296 e. The van der Waals surface area contributed by atoms with Crippen LogP contribution in [0.2, 0.25) is 0 Å². The fourth-order valence-corrected chi connectivity index (χ4v) is 4.45. The lowest BCUT2D eigenvalue weighted by atomic mass is 10.1. The fraction of sp³-hybridized carbons (Fsp3) is 0.333. The van der Waals surface area contributed by atoms with Crippen molar-refractivity contribution >= 4 is 33.2 Å². The first-order chi connectivity index (χ1) is 16.0. The van der Waals surface area contributed by atoms with Gasteiger partial charge in [0.05, 0.1) is 11.0 Å². The second-order valence-electron chi connectivity index (χ2n) is 9.16. The molecule has 3 heterocycles. The molecule has 2 aromatic carbocycles. The summed E-state index contributed by atoms with van der Waals surface area (Å²) < 4.78 is 3.75. The molecule has 6 heteroatoms. The van der Waals surface area contributed by atoms with Crippen molar-refractivity contribution in [2.24, 2.45) is 5.92 Å². The molecule has 168 valence electrons. The highest BCUT2D eigenvalue weighted by atomic mass is 16.1. The third kappa shape index (κ3) is 3.69. The van der Waals surface area contributed by atoms with Crippen LogP contribution in [0.25, 0.3) is 38.9 Å².